The van der Waals surface area contributed by atoms with Gasteiger partial charge in [0, 0.05) is 5.56 Å². The third kappa shape index (κ3) is 2.67. The fraction of sp³-hybridized carbons (Fsp3) is 0.0588. The summed E-state index contributed by atoms with van der Waals surface area (Å²) in [7, 11) is -4.11. The van der Waals surface area contributed by atoms with E-state index in [9.17, 15) is 17.9 Å². The third-order valence-electron chi connectivity index (χ3n) is 3.49. The molecule has 0 unspecified atom stereocenters. The Morgan fingerprint density at radius 3 is 2.09 bits per heavy atom. The molecule has 1 heterocycles. The molecule has 118 valence electrons. The number of rotatable bonds is 4. The molecule has 0 aliphatic heterocycles. The summed E-state index contributed by atoms with van der Waals surface area (Å²) in [5, 5.41) is 9.29. The summed E-state index contributed by atoms with van der Waals surface area (Å²) in [6.45, 7) is -0.580. The fourth-order valence-corrected chi connectivity index (χ4v) is 3.83. The van der Waals surface area contributed by atoms with Gasteiger partial charge in [0.15, 0.2) is 0 Å². The SMILES string of the molecule is O=S(=O)(c1ccccc1)n1c(-c2ccccc2)cc(CO)c1F. The molecule has 1 N–H and O–H groups in total. The van der Waals surface area contributed by atoms with Crippen LogP contribution in [0.2, 0.25) is 0 Å². The van der Waals surface area contributed by atoms with Gasteiger partial charge in [0.05, 0.1) is 17.2 Å². The van der Waals surface area contributed by atoms with Gasteiger partial charge in [-0.1, -0.05) is 48.5 Å². The fourth-order valence-electron chi connectivity index (χ4n) is 2.37. The maximum absolute atomic E-state index is 14.6. The number of aliphatic hydroxyl groups is 1. The van der Waals surface area contributed by atoms with Crippen molar-refractivity contribution in [1.82, 2.24) is 3.97 Å². The number of benzene rings is 2. The number of nitrogens with zero attached hydrogens (tertiary/aromatic N) is 1. The van der Waals surface area contributed by atoms with Gasteiger partial charge in [0.1, 0.15) is 0 Å². The lowest BCUT2D eigenvalue weighted by Crippen LogP contribution is -2.16. The van der Waals surface area contributed by atoms with Gasteiger partial charge in [0.2, 0.25) is 5.95 Å². The molecule has 3 aromatic rings. The molecular weight excluding hydrogens is 317 g/mol. The van der Waals surface area contributed by atoms with E-state index in [0.717, 1.165) is 0 Å². The summed E-state index contributed by atoms with van der Waals surface area (Å²) in [4.78, 5) is -0.0174. The van der Waals surface area contributed by atoms with Crippen molar-refractivity contribution in [3.8, 4) is 11.3 Å². The van der Waals surface area contributed by atoms with E-state index in [1.165, 1.54) is 18.2 Å². The zero-order valence-corrected chi connectivity index (χ0v) is 12.9. The Kier molecular flexibility index (Phi) is 4.02. The highest BCUT2D eigenvalue weighted by Gasteiger charge is 2.26. The standard InChI is InChI=1S/C17H14FNO3S/c18-17-14(12-20)11-16(13-7-3-1-4-8-13)19(17)23(21,22)15-9-5-2-6-10-15/h1-11,20H,12H2. The summed E-state index contributed by atoms with van der Waals surface area (Å²) in [5.74, 6) is -0.977. The van der Waals surface area contributed by atoms with Crippen molar-refractivity contribution in [1.29, 1.82) is 0 Å². The van der Waals surface area contributed by atoms with Crippen LogP contribution in [0.4, 0.5) is 4.39 Å². The summed E-state index contributed by atoms with van der Waals surface area (Å²) < 4.78 is 40.9. The molecule has 0 aliphatic rings. The average Bonchev–Trinajstić information content (AvgIpc) is 2.94. The van der Waals surface area contributed by atoms with Gasteiger partial charge in [0.25, 0.3) is 10.0 Å². The number of aliphatic hydroxyl groups excluding tert-OH is 1. The first kappa shape index (κ1) is 15.5. The minimum Gasteiger partial charge on any atom is -0.392 e. The van der Waals surface area contributed by atoms with Crippen LogP contribution in [0.5, 0.6) is 0 Å². The van der Waals surface area contributed by atoms with Crippen LogP contribution < -0.4 is 0 Å². The van der Waals surface area contributed by atoms with Crippen LogP contribution >= 0.6 is 0 Å². The van der Waals surface area contributed by atoms with Crippen molar-refractivity contribution in [3.63, 3.8) is 0 Å². The van der Waals surface area contributed by atoms with Gasteiger partial charge in [-0.3, -0.25) is 0 Å². The molecule has 4 nitrogen and oxygen atoms in total. The van der Waals surface area contributed by atoms with Crippen LogP contribution in [0.25, 0.3) is 11.3 Å². The highest BCUT2D eigenvalue weighted by Crippen LogP contribution is 2.29. The normalized spacial score (nSPS) is 11.6. The van der Waals surface area contributed by atoms with Crippen LogP contribution in [0.15, 0.2) is 71.6 Å². The van der Waals surface area contributed by atoms with Crippen molar-refractivity contribution in [3.05, 3.63) is 78.2 Å². The topological polar surface area (TPSA) is 59.3 Å². The summed E-state index contributed by atoms with van der Waals surface area (Å²) >= 11 is 0. The monoisotopic (exact) mass is 331 g/mol. The molecule has 0 radical (unpaired) electrons. The van der Waals surface area contributed by atoms with Crippen molar-refractivity contribution in [2.24, 2.45) is 0 Å². The van der Waals surface area contributed by atoms with Crippen LogP contribution in [0, 0.1) is 5.95 Å². The molecule has 23 heavy (non-hydrogen) atoms. The minimum atomic E-state index is -4.11. The molecule has 3 rings (SSSR count). The maximum Gasteiger partial charge on any atom is 0.270 e. The summed E-state index contributed by atoms with van der Waals surface area (Å²) in [6.07, 6.45) is 0. The number of hydrogen-bond acceptors (Lipinski definition) is 3. The average molecular weight is 331 g/mol. The van der Waals surface area contributed by atoms with E-state index >= 15 is 0 Å². The van der Waals surface area contributed by atoms with Crippen LogP contribution in [0.1, 0.15) is 5.56 Å². The molecule has 0 bridgehead atoms. The molecule has 2 aromatic carbocycles. The van der Waals surface area contributed by atoms with Crippen LogP contribution in [-0.2, 0) is 16.6 Å². The van der Waals surface area contributed by atoms with E-state index in [-0.39, 0.29) is 16.2 Å². The van der Waals surface area contributed by atoms with Gasteiger partial charge < -0.3 is 5.11 Å². The molecule has 0 saturated carbocycles. The number of halogens is 1. The first-order valence-corrected chi connectivity index (χ1v) is 8.36. The quantitative estimate of drug-likeness (QED) is 0.799. The van der Waals surface area contributed by atoms with Crippen molar-refractivity contribution in [2.75, 3.05) is 0 Å². The van der Waals surface area contributed by atoms with Gasteiger partial charge in [-0.05, 0) is 23.8 Å². The highest BCUT2D eigenvalue weighted by molar-refractivity contribution is 7.90. The molecule has 0 saturated heterocycles. The zero-order chi connectivity index (χ0) is 16.4. The predicted octanol–water partition coefficient (Wildman–Crippen LogP) is 3.02. The van der Waals surface area contributed by atoms with E-state index in [2.05, 4.69) is 0 Å². The second-order valence-electron chi connectivity index (χ2n) is 4.95. The summed E-state index contributed by atoms with van der Waals surface area (Å²) in [5.41, 5.74) is 0.657. The van der Waals surface area contributed by atoms with Crippen molar-refractivity contribution in [2.45, 2.75) is 11.5 Å². The molecule has 0 atom stereocenters. The Hall–Kier alpha value is -2.44. The molecule has 0 amide bonds. The molecule has 1 aromatic heterocycles. The highest BCUT2D eigenvalue weighted by atomic mass is 32.2. The lowest BCUT2D eigenvalue weighted by atomic mass is 10.1. The molecular formula is C17H14FNO3S. The first-order chi connectivity index (χ1) is 11.1. The Morgan fingerprint density at radius 1 is 0.957 bits per heavy atom. The van der Waals surface area contributed by atoms with Gasteiger partial charge in [-0.2, -0.15) is 4.39 Å². The maximum atomic E-state index is 14.6. The smallest absolute Gasteiger partial charge is 0.270 e. The zero-order valence-electron chi connectivity index (χ0n) is 12.1. The molecule has 6 heteroatoms. The minimum absolute atomic E-state index is 0.0174. The van der Waals surface area contributed by atoms with E-state index < -0.39 is 22.6 Å². The Morgan fingerprint density at radius 2 is 1.52 bits per heavy atom. The van der Waals surface area contributed by atoms with Crippen molar-refractivity contribution >= 4 is 10.0 Å². The van der Waals surface area contributed by atoms with Gasteiger partial charge in [-0.15, -0.1) is 0 Å². The second-order valence-corrected chi connectivity index (χ2v) is 6.74. The molecule has 0 aliphatic carbocycles. The van der Waals surface area contributed by atoms with Crippen molar-refractivity contribution < 1.29 is 17.9 Å². The van der Waals surface area contributed by atoms with Gasteiger partial charge in [-0.25, -0.2) is 12.4 Å². The van der Waals surface area contributed by atoms with E-state index in [0.29, 0.717) is 9.54 Å². The Bertz CT molecular complexity index is 919. The Labute approximate surface area is 133 Å². The largest absolute Gasteiger partial charge is 0.392 e. The lowest BCUT2D eigenvalue weighted by Gasteiger charge is -2.11. The third-order valence-corrected chi connectivity index (χ3v) is 5.20. The summed E-state index contributed by atoms with van der Waals surface area (Å²) in [6, 6.07) is 17.6. The van der Waals surface area contributed by atoms with Crippen LogP contribution in [-0.4, -0.2) is 17.5 Å². The first-order valence-electron chi connectivity index (χ1n) is 6.92. The molecule has 0 spiro atoms. The van der Waals surface area contributed by atoms with E-state index in [1.54, 1.807) is 48.5 Å². The van der Waals surface area contributed by atoms with Gasteiger partial charge >= 0.3 is 0 Å². The molecule has 0 fully saturated rings. The predicted molar refractivity (Wildman–Crippen MR) is 84.8 cm³/mol. The van der Waals surface area contributed by atoms with E-state index in [1.807, 2.05) is 0 Å². The second kappa shape index (κ2) is 5.98. The van der Waals surface area contributed by atoms with Crippen LogP contribution in [0.3, 0.4) is 0 Å². The Balaban J connectivity index is 2.29. The van der Waals surface area contributed by atoms with E-state index in [4.69, 9.17) is 0 Å². The lowest BCUT2D eigenvalue weighted by molar-refractivity contribution is 0.275. The number of aromatic nitrogens is 1. The number of hydrogen-bond donors (Lipinski definition) is 1.